The number of allylic oxidation sites excluding steroid dienone is 8. The molecule has 4 rings (SSSR count). The Bertz CT molecular complexity index is 848. The Balaban J connectivity index is 2.01. The lowest BCUT2D eigenvalue weighted by Crippen LogP contribution is -2.54. The second-order valence-electron chi connectivity index (χ2n) is 16.0. The van der Waals surface area contributed by atoms with E-state index in [0.29, 0.717) is 11.8 Å². The highest BCUT2D eigenvalue weighted by Crippen LogP contribution is 2.66. The zero-order chi connectivity index (χ0) is 27.2. The van der Waals surface area contributed by atoms with Crippen molar-refractivity contribution in [2.75, 3.05) is 0 Å². The van der Waals surface area contributed by atoms with E-state index in [9.17, 15) is 0 Å². The van der Waals surface area contributed by atoms with E-state index < -0.39 is 8.07 Å². The van der Waals surface area contributed by atoms with E-state index in [2.05, 4.69) is 93.5 Å². The standard InChI is InChI=1S/C36H60Si/c1-25(2)31-21-27(35(5,6)7)23-33(31)37(29-17-13-11-14-18-29,30-19-15-12-16-20-30)34-24-28(36(8,9)10)22-32(34)26(3)4/h21-26,29-30,33-34H,11-20H2,1-10H3. The van der Waals surface area contributed by atoms with Crippen LogP contribution >= 0.6 is 0 Å². The van der Waals surface area contributed by atoms with E-state index in [4.69, 9.17) is 0 Å². The molecular formula is C36H60Si. The van der Waals surface area contributed by atoms with E-state index in [1.807, 2.05) is 11.1 Å². The summed E-state index contributed by atoms with van der Waals surface area (Å²) in [6, 6.07) is 0. The van der Waals surface area contributed by atoms with Crippen LogP contribution in [0.15, 0.2) is 46.6 Å². The fourth-order valence-electron chi connectivity index (χ4n) is 8.78. The lowest BCUT2D eigenvalue weighted by atomic mass is 9.87. The molecular weight excluding hydrogens is 460 g/mol. The third kappa shape index (κ3) is 5.60. The quantitative estimate of drug-likeness (QED) is 0.305. The predicted molar refractivity (Wildman–Crippen MR) is 168 cm³/mol. The Kier molecular flexibility index (Phi) is 8.65. The molecule has 0 bridgehead atoms. The maximum Gasteiger partial charge on any atom is 0.0826 e. The molecule has 0 aromatic rings. The Morgan fingerprint density at radius 3 is 1.16 bits per heavy atom. The highest BCUT2D eigenvalue weighted by atomic mass is 28.3. The van der Waals surface area contributed by atoms with Crippen LogP contribution in [-0.4, -0.2) is 8.07 Å². The fraction of sp³-hybridized carbons (Fsp3) is 0.778. The second-order valence-corrected chi connectivity index (χ2v) is 20.8. The summed E-state index contributed by atoms with van der Waals surface area (Å²) in [7, 11) is -1.91. The summed E-state index contributed by atoms with van der Waals surface area (Å²) in [5, 5.41) is 0. The zero-order valence-electron chi connectivity index (χ0n) is 26.3. The van der Waals surface area contributed by atoms with E-state index in [0.717, 1.165) is 22.2 Å². The van der Waals surface area contributed by atoms with Crippen molar-refractivity contribution in [3.8, 4) is 0 Å². The number of hydrogen-bond donors (Lipinski definition) is 0. The van der Waals surface area contributed by atoms with Gasteiger partial charge in [0.2, 0.25) is 0 Å². The Labute approximate surface area is 232 Å². The predicted octanol–water partition coefficient (Wildman–Crippen LogP) is 12.0. The summed E-state index contributed by atoms with van der Waals surface area (Å²) < 4.78 is 0. The monoisotopic (exact) mass is 520 g/mol. The highest BCUT2D eigenvalue weighted by Gasteiger charge is 2.59. The summed E-state index contributed by atoms with van der Waals surface area (Å²) in [6.45, 7) is 24.7. The van der Waals surface area contributed by atoms with Crippen LogP contribution in [0.2, 0.25) is 22.2 Å². The maximum absolute atomic E-state index is 2.89. The lowest BCUT2D eigenvalue weighted by Gasteiger charge is -2.56. The van der Waals surface area contributed by atoms with E-state index >= 15 is 0 Å². The average molecular weight is 521 g/mol. The molecule has 0 aliphatic heterocycles. The van der Waals surface area contributed by atoms with E-state index in [1.54, 1.807) is 11.1 Å². The SMILES string of the molecule is CC(C)C1=CC(C(C)(C)C)=CC1[Si](C1CCCCC1)(C1CCCCC1)C1C=C(C(C)(C)C)C=C1C(C)C. The summed E-state index contributed by atoms with van der Waals surface area (Å²) in [5.41, 5.74) is 10.7. The van der Waals surface area contributed by atoms with Crippen LogP contribution in [-0.2, 0) is 0 Å². The van der Waals surface area contributed by atoms with Crippen molar-refractivity contribution in [2.24, 2.45) is 22.7 Å². The molecule has 208 valence electrons. The molecule has 37 heavy (non-hydrogen) atoms. The minimum absolute atomic E-state index is 0.229. The molecule has 1 heteroatoms. The van der Waals surface area contributed by atoms with Gasteiger partial charge in [-0.2, -0.15) is 0 Å². The van der Waals surface area contributed by atoms with Gasteiger partial charge in [-0.05, 0) is 56.0 Å². The largest absolute Gasteiger partial charge is 0.0826 e. The van der Waals surface area contributed by atoms with Crippen LogP contribution < -0.4 is 0 Å². The van der Waals surface area contributed by atoms with Gasteiger partial charge in [-0.15, -0.1) is 0 Å². The minimum Gasteiger partial charge on any atom is -0.0762 e. The molecule has 0 spiro atoms. The molecule has 2 unspecified atom stereocenters. The van der Waals surface area contributed by atoms with Gasteiger partial charge in [0.1, 0.15) is 0 Å². The molecule has 0 aromatic carbocycles. The van der Waals surface area contributed by atoms with Crippen molar-refractivity contribution in [3.05, 3.63) is 46.6 Å². The van der Waals surface area contributed by atoms with Crippen LogP contribution in [0.5, 0.6) is 0 Å². The first-order valence-electron chi connectivity index (χ1n) is 16.2. The molecule has 2 saturated carbocycles. The molecule has 0 amide bonds. The first-order valence-corrected chi connectivity index (χ1v) is 18.5. The van der Waals surface area contributed by atoms with Crippen molar-refractivity contribution in [1.82, 2.24) is 0 Å². The van der Waals surface area contributed by atoms with Gasteiger partial charge in [-0.25, -0.2) is 0 Å². The molecule has 0 radical (unpaired) electrons. The molecule has 0 aromatic heterocycles. The van der Waals surface area contributed by atoms with E-state index in [1.165, 1.54) is 64.2 Å². The van der Waals surface area contributed by atoms with Crippen LogP contribution in [0.1, 0.15) is 133 Å². The van der Waals surface area contributed by atoms with Gasteiger partial charge < -0.3 is 0 Å². The molecule has 0 N–H and O–H groups in total. The van der Waals surface area contributed by atoms with Crippen molar-refractivity contribution < 1.29 is 0 Å². The van der Waals surface area contributed by atoms with Crippen molar-refractivity contribution in [2.45, 2.75) is 156 Å². The van der Waals surface area contributed by atoms with Crippen LogP contribution in [0.4, 0.5) is 0 Å². The van der Waals surface area contributed by atoms with Gasteiger partial charge in [0.15, 0.2) is 0 Å². The number of hydrogen-bond acceptors (Lipinski definition) is 0. The maximum atomic E-state index is 2.89. The zero-order valence-corrected chi connectivity index (χ0v) is 27.3. The lowest BCUT2D eigenvalue weighted by molar-refractivity contribution is 0.440. The third-order valence-corrected chi connectivity index (χ3v) is 18.0. The molecule has 4 aliphatic carbocycles. The first kappa shape index (κ1) is 29.2. The molecule has 0 nitrogen and oxygen atoms in total. The Hall–Kier alpha value is -0.823. The Morgan fingerprint density at radius 1 is 0.568 bits per heavy atom. The molecule has 2 atom stereocenters. The van der Waals surface area contributed by atoms with Crippen LogP contribution in [0.25, 0.3) is 0 Å². The van der Waals surface area contributed by atoms with Crippen molar-refractivity contribution >= 4 is 8.07 Å². The molecule has 4 aliphatic rings. The van der Waals surface area contributed by atoms with Gasteiger partial charge in [-0.1, -0.05) is 169 Å². The normalized spacial score (nSPS) is 27.0. The van der Waals surface area contributed by atoms with Gasteiger partial charge in [-0.3, -0.25) is 0 Å². The first-order chi connectivity index (χ1) is 17.3. The van der Waals surface area contributed by atoms with Crippen molar-refractivity contribution in [3.63, 3.8) is 0 Å². The third-order valence-electron chi connectivity index (χ3n) is 10.8. The smallest absolute Gasteiger partial charge is 0.0762 e. The average Bonchev–Trinajstić information content (AvgIpc) is 3.48. The highest BCUT2D eigenvalue weighted by molar-refractivity contribution is 6.87. The fourth-order valence-corrected chi connectivity index (χ4v) is 17.6. The summed E-state index contributed by atoms with van der Waals surface area (Å²) in [5.74, 6) is 1.28. The van der Waals surface area contributed by atoms with Gasteiger partial charge in [0.25, 0.3) is 0 Å². The second kappa shape index (κ2) is 11.0. The minimum atomic E-state index is -1.91. The Morgan fingerprint density at radius 2 is 0.892 bits per heavy atom. The topological polar surface area (TPSA) is 0 Å². The van der Waals surface area contributed by atoms with Gasteiger partial charge in [0.05, 0.1) is 8.07 Å². The molecule has 2 fully saturated rings. The summed E-state index contributed by atoms with van der Waals surface area (Å²) in [6.07, 6.45) is 26.0. The van der Waals surface area contributed by atoms with E-state index in [-0.39, 0.29) is 10.8 Å². The van der Waals surface area contributed by atoms with Gasteiger partial charge >= 0.3 is 0 Å². The molecule has 0 heterocycles. The van der Waals surface area contributed by atoms with Crippen LogP contribution in [0.3, 0.4) is 0 Å². The summed E-state index contributed by atoms with van der Waals surface area (Å²) >= 11 is 0. The molecule has 0 saturated heterocycles. The number of rotatable bonds is 6. The van der Waals surface area contributed by atoms with Crippen LogP contribution in [0, 0.1) is 22.7 Å². The summed E-state index contributed by atoms with van der Waals surface area (Å²) in [4.78, 5) is 0. The van der Waals surface area contributed by atoms with Gasteiger partial charge in [0, 0.05) is 0 Å². The van der Waals surface area contributed by atoms with Crippen molar-refractivity contribution in [1.29, 1.82) is 0 Å².